The second kappa shape index (κ2) is 7.75. The summed E-state index contributed by atoms with van der Waals surface area (Å²) in [5, 5.41) is 27.9. The number of hydrogen-bond acceptors (Lipinski definition) is 6. The van der Waals surface area contributed by atoms with Crippen molar-refractivity contribution in [2.45, 2.75) is 19.0 Å². The normalized spacial score (nSPS) is 12.6. The van der Waals surface area contributed by atoms with Gasteiger partial charge in [-0.05, 0) is 6.42 Å². The molecule has 0 aromatic carbocycles. The minimum Gasteiger partial charge on any atom is -0.476 e. The summed E-state index contributed by atoms with van der Waals surface area (Å²) in [5.74, 6) is -1.09. The number of aliphatic hydroxyl groups is 1. The van der Waals surface area contributed by atoms with Crippen LogP contribution in [0.4, 0.5) is 0 Å². The van der Waals surface area contributed by atoms with E-state index in [9.17, 15) is 4.79 Å². The first-order valence-electron chi connectivity index (χ1n) is 5.64. The standard InChI is InChI=1S/C10H18N4O4/c1-18-7-8(2-5-15)11-3-4-14-6-9(10(16)17)12-13-14/h6,8,11,15H,2-5,7H2,1H3,(H,16,17). The van der Waals surface area contributed by atoms with E-state index in [4.69, 9.17) is 14.9 Å². The molecule has 0 bridgehead atoms. The number of hydrogen-bond donors (Lipinski definition) is 3. The lowest BCUT2D eigenvalue weighted by atomic mass is 10.2. The topological polar surface area (TPSA) is 110 Å². The number of methoxy groups -OCH3 is 1. The van der Waals surface area contributed by atoms with Crippen molar-refractivity contribution in [3.63, 3.8) is 0 Å². The molecule has 1 aromatic rings. The highest BCUT2D eigenvalue weighted by Crippen LogP contribution is 1.94. The monoisotopic (exact) mass is 258 g/mol. The number of ether oxygens (including phenoxy) is 1. The van der Waals surface area contributed by atoms with Gasteiger partial charge >= 0.3 is 5.97 Å². The molecule has 0 saturated heterocycles. The van der Waals surface area contributed by atoms with Gasteiger partial charge in [0.25, 0.3) is 0 Å². The lowest BCUT2D eigenvalue weighted by Crippen LogP contribution is -2.36. The highest BCUT2D eigenvalue weighted by atomic mass is 16.5. The van der Waals surface area contributed by atoms with Gasteiger partial charge in [-0.1, -0.05) is 5.21 Å². The first-order valence-corrected chi connectivity index (χ1v) is 5.64. The van der Waals surface area contributed by atoms with Gasteiger partial charge in [0.2, 0.25) is 0 Å². The summed E-state index contributed by atoms with van der Waals surface area (Å²) < 4.78 is 6.47. The van der Waals surface area contributed by atoms with Gasteiger partial charge in [-0.25, -0.2) is 4.79 Å². The molecule has 0 amide bonds. The molecule has 1 heterocycles. The first kappa shape index (κ1) is 14.6. The first-order chi connectivity index (χ1) is 8.67. The second-order valence-corrected chi connectivity index (χ2v) is 3.79. The average Bonchev–Trinajstić information content (AvgIpc) is 2.78. The molecule has 0 aliphatic heterocycles. The van der Waals surface area contributed by atoms with Crippen molar-refractivity contribution in [3.8, 4) is 0 Å². The Labute approximate surface area is 105 Å². The Hall–Kier alpha value is -1.51. The maximum atomic E-state index is 10.6. The fourth-order valence-corrected chi connectivity index (χ4v) is 1.49. The number of aromatic carboxylic acids is 1. The summed E-state index contributed by atoms with van der Waals surface area (Å²) >= 11 is 0. The number of aromatic nitrogens is 3. The number of carbonyl (C=O) groups is 1. The van der Waals surface area contributed by atoms with Crippen molar-refractivity contribution in [1.82, 2.24) is 20.3 Å². The third-order valence-electron chi connectivity index (χ3n) is 2.38. The van der Waals surface area contributed by atoms with E-state index in [1.165, 1.54) is 10.9 Å². The zero-order valence-corrected chi connectivity index (χ0v) is 10.2. The Morgan fingerprint density at radius 2 is 2.44 bits per heavy atom. The van der Waals surface area contributed by atoms with E-state index >= 15 is 0 Å². The molecule has 1 rings (SSSR count). The molecular formula is C10H18N4O4. The molecule has 0 aliphatic carbocycles. The fraction of sp³-hybridized carbons (Fsp3) is 0.700. The van der Waals surface area contributed by atoms with Crippen LogP contribution < -0.4 is 5.32 Å². The highest BCUT2D eigenvalue weighted by molar-refractivity contribution is 5.84. The smallest absolute Gasteiger partial charge is 0.358 e. The van der Waals surface area contributed by atoms with Crippen LogP contribution in [0.1, 0.15) is 16.9 Å². The second-order valence-electron chi connectivity index (χ2n) is 3.79. The highest BCUT2D eigenvalue weighted by Gasteiger charge is 2.09. The van der Waals surface area contributed by atoms with Crippen LogP contribution in [0.15, 0.2) is 6.20 Å². The summed E-state index contributed by atoms with van der Waals surface area (Å²) in [5.41, 5.74) is -0.0706. The average molecular weight is 258 g/mol. The molecule has 1 atom stereocenters. The minimum absolute atomic E-state index is 0.0706. The van der Waals surface area contributed by atoms with Gasteiger partial charge in [-0.2, -0.15) is 0 Å². The molecule has 18 heavy (non-hydrogen) atoms. The molecule has 102 valence electrons. The van der Waals surface area contributed by atoms with Crippen molar-refractivity contribution in [2.75, 3.05) is 26.9 Å². The lowest BCUT2D eigenvalue weighted by molar-refractivity contribution is 0.0690. The Kier molecular flexibility index (Phi) is 6.26. The van der Waals surface area contributed by atoms with E-state index in [0.29, 0.717) is 26.1 Å². The number of nitrogens with one attached hydrogen (secondary N) is 1. The fourth-order valence-electron chi connectivity index (χ4n) is 1.49. The van der Waals surface area contributed by atoms with Crippen LogP contribution in [0.3, 0.4) is 0 Å². The van der Waals surface area contributed by atoms with E-state index < -0.39 is 5.97 Å². The van der Waals surface area contributed by atoms with Crippen LogP contribution in [0.2, 0.25) is 0 Å². The molecule has 1 unspecified atom stereocenters. The van der Waals surface area contributed by atoms with Crippen molar-refractivity contribution >= 4 is 5.97 Å². The van der Waals surface area contributed by atoms with E-state index in [1.54, 1.807) is 7.11 Å². The largest absolute Gasteiger partial charge is 0.476 e. The molecule has 0 saturated carbocycles. The van der Waals surface area contributed by atoms with E-state index in [2.05, 4.69) is 15.6 Å². The Bertz CT molecular complexity index is 363. The van der Waals surface area contributed by atoms with Gasteiger partial charge in [0.05, 0.1) is 19.3 Å². The van der Waals surface area contributed by atoms with Crippen molar-refractivity contribution in [3.05, 3.63) is 11.9 Å². The molecule has 0 aliphatic rings. The minimum atomic E-state index is -1.09. The van der Waals surface area contributed by atoms with Gasteiger partial charge in [-0.15, -0.1) is 5.10 Å². The van der Waals surface area contributed by atoms with Gasteiger partial charge in [-0.3, -0.25) is 4.68 Å². The van der Waals surface area contributed by atoms with E-state index in [-0.39, 0.29) is 18.3 Å². The number of carboxylic acid groups (broad SMARTS) is 1. The Balaban J connectivity index is 2.32. The zero-order chi connectivity index (χ0) is 13.4. The molecule has 8 nitrogen and oxygen atoms in total. The molecule has 1 aromatic heterocycles. The predicted molar refractivity (Wildman–Crippen MR) is 62.4 cm³/mol. The van der Waals surface area contributed by atoms with Crippen molar-refractivity contribution in [2.24, 2.45) is 0 Å². The number of nitrogens with zero attached hydrogens (tertiary/aromatic N) is 3. The summed E-state index contributed by atoms with van der Waals surface area (Å²) in [4.78, 5) is 10.6. The van der Waals surface area contributed by atoms with Crippen LogP contribution >= 0.6 is 0 Å². The molecular weight excluding hydrogens is 240 g/mol. The van der Waals surface area contributed by atoms with Crippen LogP contribution in [-0.2, 0) is 11.3 Å². The van der Waals surface area contributed by atoms with Gasteiger partial charge in [0.1, 0.15) is 0 Å². The molecule has 0 fully saturated rings. The van der Waals surface area contributed by atoms with E-state index in [0.717, 1.165) is 0 Å². The van der Waals surface area contributed by atoms with E-state index in [1.807, 2.05) is 0 Å². The summed E-state index contributed by atoms with van der Waals surface area (Å²) in [6, 6.07) is 0.0717. The summed E-state index contributed by atoms with van der Waals surface area (Å²) in [6.07, 6.45) is 1.98. The molecule has 3 N–H and O–H groups in total. The van der Waals surface area contributed by atoms with Crippen LogP contribution in [0.5, 0.6) is 0 Å². The van der Waals surface area contributed by atoms with Crippen LogP contribution in [0, 0.1) is 0 Å². The van der Waals surface area contributed by atoms with Crippen LogP contribution in [0.25, 0.3) is 0 Å². The Morgan fingerprint density at radius 1 is 1.67 bits per heavy atom. The Morgan fingerprint density at radius 3 is 3.00 bits per heavy atom. The van der Waals surface area contributed by atoms with Crippen LogP contribution in [-0.4, -0.2) is 64.1 Å². The maximum Gasteiger partial charge on any atom is 0.358 e. The number of carboxylic acids is 1. The molecule has 0 radical (unpaired) electrons. The van der Waals surface area contributed by atoms with Crippen molar-refractivity contribution < 1.29 is 19.7 Å². The predicted octanol–water partition coefficient (Wildman–Crippen LogP) is -1.04. The molecule has 0 spiro atoms. The SMILES string of the molecule is COCC(CCO)NCCn1cc(C(=O)O)nn1. The van der Waals surface area contributed by atoms with Crippen molar-refractivity contribution in [1.29, 1.82) is 0 Å². The molecule has 8 heteroatoms. The number of aliphatic hydroxyl groups excluding tert-OH is 1. The van der Waals surface area contributed by atoms with Gasteiger partial charge in [0.15, 0.2) is 5.69 Å². The summed E-state index contributed by atoms with van der Waals surface area (Å²) in [7, 11) is 1.60. The lowest BCUT2D eigenvalue weighted by Gasteiger charge is -2.16. The zero-order valence-electron chi connectivity index (χ0n) is 10.2. The van der Waals surface area contributed by atoms with Gasteiger partial charge in [0, 0.05) is 26.3 Å². The third-order valence-corrected chi connectivity index (χ3v) is 2.38. The third kappa shape index (κ3) is 4.78. The number of rotatable bonds is 9. The maximum absolute atomic E-state index is 10.6. The quantitative estimate of drug-likeness (QED) is 0.519. The summed E-state index contributed by atoms with van der Waals surface area (Å²) in [6.45, 7) is 1.70. The van der Waals surface area contributed by atoms with Gasteiger partial charge < -0.3 is 20.3 Å².